The molecule has 0 unspecified atom stereocenters. The maximum absolute atomic E-state index is 13.1. The van der Waals surface area contributed by atoms with Gasteiger partial charge in [0.1, 0.15) is 0 Å². The minimum Gasteiger partial charge on any atom is -0.332 e. The van der Waals surface area contributed by atoms with E-state index in [-0.39, 0.29) is 17.5 Å². The Labute approximate surface area is 137 Å². The van der Waals surface area contributed by atoms with Crippen molar-refractivity contribution in [3.8, 4) is 0 Å². The van der Waals surface area contributed by atoms with Crippen LogP contribution in [0, 0.1) is 0 Å². The van der Waals surface area contributed by atoms with Crippen LogP contribution in [-0.2, 0) is 0 Å². The van der Waals surface area contributed by atoms with Crippen LogP contribution in [0.1, 0.15) is 34.8 Å². The van der Waals surface area contributed by atoms with Crippen molar-refractivity contribution in [1.82, 2.24) is 9.88 Å². The third-order valence-electron chi connectivity index (χ3n) is 4.48. The molecule has 23 heavy (non-hydrogen) atoms. The van der Waals surface area contributed by atoms with E-state index in [1.165, 1.54) is 5.56 Å². The summed E-state index contributed by atoms with van der Waals surface area (Å²) < 4.78 is 0. The first-order valence-corrected chi connectivity index (χ1v) is 8.63. The highest BCUT2D eigenvalue weighted by Gasteiger charge is 2.31. The van der Waals surface area contributed by atoms with Crippen molar-refractivity contribution in [3.63, 3.8) is 0 Å². The van der Waals surface area contributed by atoms with E-state index in [2.05, 4.69) is 16.4 Å². The third-order valence-corrected chi connectivity index (χ3v) is 5.18. The molecule has 1 aliphatic rings. The molecule has 1 saturated heterocycles. The number of H-pyrrole nitrogens is 1. The number of hydrogen-bond acceptors (Lipinski definition) is 3. The number of amides is 1. The van der Waals surface area contributed by atoms with E-state index in [1.807, 2.05) is 28.5 Å². The summed E-state index contributed by atoms with van der Waals surface area (Å²) in [5, 5.41) is 5.44. The zero-order valence-corrected chi connectivity index (χ0v) is 13.3. The molecule has 0 radical (unpaired) electrons. The van der Waals surface area contributed by atoms with Gasteiger partial charge in [0, 0.05) is 23.5 Å². The highest BCUT2D eigenvalue weighted by atomic mass is 32.1. The van der Waals surface area contributed by atoms with Crippen LogP contribution in [0.25, 0.3) is 10.8 Å². The van der Waals surface area contributed by atoms with E-state index in [0.29, 0.717) is 10.9 Å². The normalized spacial score (nSPS) is 17.7. The highest BCUT2D eigenvalue weighted by molar-refractivity contribution is 7.08. The lowest BCUT2D eigenvalue weighted by Crippen LogP contribution is -2.31. The standard InChI is InChI=1S/C18H16N2O2S/c21-17-14-5-2-1-4-13(14)15(10-19-17)18(22)20-8-3-6-16(20)12-7-9-23-11-12/h1-2,4-5,7,9-11,16H,3,6,8H2,(H,19,21)/t16-/m1/s1. The summed E-state index contributed by atoms with van der Waals surface area (Å²) in [5.41, 5.74) is 1.62. The van der Waals surface area contributed by atoms with Gasteiger partial charge in [0.15, 0.2) is 0 Å². The highest BCUT2D eigenvalue weighted by Crippen LogP contribution is 2.34. The monoisotopic (exact) mass is 324 g/mol. The first-order chi connectivity index (χ1) is 11.3. The Balaban J connectivity index is 1.78. The van der Waals surface area contributed by atoms with Gasteiger partial charge in [-0.3, -0.25) is 9.59 Å². The fourth-order valence-corrected chi connectivity index (χ4v) is 4.07. The molecule has 3 heterocycles. The lowest BCUT2D eigenvalue weighted by atomic mass is 10.0. The Bertz CT molecular complexity index is 914. The second kappa shape index (κ2) is 5.66. The molecule has 0 aliphatic carbocycles. The number of carbonyl (C=O) groups is 1. The SMILES string of the molecule is O=C(c1c[nH]c(=O)c2ccccc12)N1CCC[C@@H]1c1ccsc1. The summed E-state index contributed by atoms with van der Waals surface area (Å²) in [5.74, 6) is -0.00819. The second-order valence-corrected chi connectivity index (χ2v) is 6.57. The fourth-order valence-electron chi connectivity index (χ4n) is 3.36. The molecule has 4 rings (SSSR count). The van der Waals surface area contributed by atoms with Gasteiger partial charge in [-0.25, -0.2) is 0 Å². The van der Waals surface area contributed by atoms with Gasteiger partial charge in [-0.05, 0) is 41.3 Å². The molecule has 2 aromatic heterocycles. The largest absolute Gasteiger partial charge is 0.332 e. The van der Waals surface area contributed by atoms with Crippen molar-refractivity contribution in [2.75, 3.05) is 6.54 Å². The van der Waals surface area contributed by atoms with Gasteiger partial charge in [-0.15, -0.1) is 0 Å². The zero-order valence-electron chi connectivity index (χ0n) is 12.5. The third kappa shape index (κ3) is 2.37. The number of fused-ring (bicyclic) bond motifs is 1. The number of nitrogens with zero attached hydrogens (tertiary/aromatic N) is 1. The van der Waals surface area contributed by atoms with E-state index in [0.717, 1.165) is 24.8 Å². The molecule has 1 fully saturated rings. The summed E-state index contributed by atoms with van der Waals surface area (Å²) in [6.45, 7) is 0.757. The van der Waals surface area contributed by atoms with Crippen LogP contribution in [0.5, 0.6) is 0 Å². The Morgan fingerprint density at radius 2 is 2.04 bits per heavy atom. The van der Waals surface area contributed by atoms with Crippen molar-refractivity contribution in [2.45, 2.75) is 18.9 Å². The van der Waals surface area contributed by atoms with Gasteiger partial charge < -0.3 is 9.88 Å². The van der Waals surface area contributed by atoms with Gasteiger partial charge in [0.05, 0.1) is 11.6 Å². The van der Waals surface area contributed by atoms with Crippen LogP contribution in [0.15, 0.2) is 52.1 Å². The van der Waals surface area contributed by atoms with Crippen LogP contribution in [0.2, 0.25) is 0 Å². The molecule has 1 aromatic carbocycles. The molecule has 1 aliphatic heterocycles. The molecule has 1 amide bonds. The fraction of sp³-hybridized carbons (Fsp3) is 0.222. The topological polar surface area (TPSA) is 53.2 Å². The molecular formula is C18H16N2O2S. The number of thiophene rings is 1. The smallest absolute Gasteiger partial charge is 0.256 e. The molecule has 116 valence electrons. The number of aromatic nitrogens is 1. The average Bonchev–Trinajstić information content (AvgIpc) is 3.26. The number of likely N-dealkylation sites (tertiary alicyclic amines) is 1. The molecule has 5 heteroatoms. The van der Waals surface area contributed by atoms with E-state index >= 15 is 0 Å². The van der Waals surface area contributed by atoms with Crippen LogP contribution in [0.3, 0.4) is 0 Å². The number of hydrogen-bond donors (Lipinski definition) is 1. The number of carbonyl (C=O) groups excluding carboxylic acids is 1. The lowest BCUT2D eigenvalue weighted by molar-refractivity contribution is 0.0737. The maximum atomic E-state index is 13.1. The second-order valence-electron chi connectivity index (χ2n) is 5.79. The zero-order chi connectivity index (χ0) is 15.8. The van der Waals surface area contributed by atoms with Crippen LogP contribution in [0.4, 0.5) is 0 Å². The van der Waals surface area contributed by atoms with Gasteiger partial charge in [0.2, 0.25) is 0 Å². The molecule has 1 N–H and O–H groups in total. The Hall–Kier alpha value is -2.40. The number of nitrogens with one attached hydrogen (secondary N) is 1. The Kier molecular flexibility index (Phi) is 3.50. The molecule has 4 nitrogen and oxygen atoms in total. The first kappa shape index (κ1) is 14.2. The molecule has 0 spiro atoms. The molecule has 0 bridgehead atoms. The predicted octanol–water partition coefficient (Wildman–Crippen LogP) is 3.57. The summed E-state index contributed by atoms with van der Waals surface area (Å²) in [6, 6.07) is 9.50. The Morgan fingerprint density at radius 3 is 2.83 bits per heavy atom. The summed E-state index contributed by atoms with van der Waals surface area (Å²) in [4.78, 5) is 29.7. The van der Waals surface area contributed by atoms with Crippen molar-refractivity contribution in [2.24, 2.45) is 0 Å². The number of rotatable bonds is 2. The molecule has 1 atom stereocenters. The van der Waals surface area contributed by atoms with Crippen molar-refractivity contribution >= 4 is 28.0 Å². The van der Waals surface area contributed by atoms with E-state index < -0.39 is 0 Å². The first-order valence-electron chi connectivity index (χ1n) is 7.69. The van der Waals surface area contributed by atoms with E-state index in [4.69, 9.17) is 0 Å². The summed E-state index contributed by atoms with van der Waals surface area (Å²) >= 11 is 1.66. The van der Waals surface area contributed by atoms with E-state index in [9.17, 15) is 9.59 Å². The average molecular weight is 324 g/mol. The maximum Gasteiger partial charge on any atom is 0.256 e. The molecule has 3 aromatic rings. The van der Waals surface area contributed by atoms with Crippen LogP contribution >= 0.6 is 11.3 Å². The molecular weight excluding hydrogens is 308 g/mol. The molecule has 0 saturated carbocycles. The van der Waals surface area contributed by atoms with Gasteiger partial charge in [-0.2, -0.15) is 11.3 Å². The van der Waals surface area contributed by atoms with Gasteiger partial charge in [-0.1, -0.05) is 18.2 Å². The summed E-state index contributed by atoms with van der Waals surface area (Å²) in [7, 11) is 0. The minimum absolute atomic E-state index is 0.00819. The number of aromatic amines is 1. The number of benzene rings is 1. The lowest BCUT2D eigenvalue weighted by Gasteiger charge is -2.24. The van der Waals surface area contributed by atoms with Gasteiger partial charge >= 0.3 is 0 Å². The van der Waals surface area contributed by atoms with Gasteiger partial charge in [0.25, 0.3) is 11.5 Å². The quantitative estimate of drug-likeness (QED) is 0.783. The van der Waals surface area contributed by atoms with E-state index in [1.54, 1.807) is 23.6 Å². The van der Waals surface area contributed by atoms with Crippen molar-refractivity contribution < 1.29 is 4.79 Å². The summed E-state index contributed by atoms with van der Waals surface area (Å²) in [6.07, 6.45) is 3.55. The van der Waals surface area contributed by atoms with Crippen molar-refractivity contribution in [3.05, 3.63) is 68.8 Å². The Morgan fingerprint density at radius 1 is 1.22 bits per heavy atom. The predicted molar refractivity (Wildman–Crippen MR) is 91.9 cm³/mol. The van der Waals surface area contributed by atoms with Crippen LogP contribution < -0.4 is 5.56 Å². The van der Waals surface area contributed by atoms with Crippen LogP contribution in [-0.4, -0.2) is 22.3 Å². The minimum atomic E-state index is -0.159. The van der Waals surface area contributed by atoms with Crippen molar-refractivity contribution in [1.29, 1.82) is 0 Å². The number of pyridine rings is 1.